The number of likely N-dealkylation sites (N-methyl/N-ethyl adjacent to an activating group) is 1. The summed E-state index contributed by atoms with van der Waals surface area (Å²) < 4.78 is 6.93. The van der Waals surface area contributed by atoms with E-state index in [-0.39, 0.29) is 42.2 Å². The number of pyridine rings is 1. The van der Waals surface area contributed by atoms with Crippen molar-refractivity contribution in [1.29, 1.82) is 0 Å². The minimum absolute atomic E-state index is 0.0620. The van der Waals surface area contributed by atoms with E-state index in [1.165, 1.54) is 4.90 Å². The third-order valence-corrected chi connectivity index (χ3v) is 6.01. The number of esters is 1. The van der Waals surface area contributed by atoms with Crippen LogP contribution in [-0.4, -0.2) is 75.6 Å². The molecule has 1 atom stereocenters. The number of carbonyl (C=O) groups excluding carboxylic acids is 3. The third kappa shape index (κ3) is 5.34. The van der Waals surface area contributed by atoms with Gasteiger partial charge in [-0.15, -0.1) is 0 Å². The first kappa shape index (κ1) is 24.7. The van der Waals surface area contributed by atoms with Crippen molar-refractivity contribution in [1.82, 2.24) is 24.6 Å². The number of fused-ring (bicyclic) bond motifs is 1. The molecule has 1 aliphatic rings. The van der Waals surface area contributed by atoms with E-state index in [1.807, 2.05) is 32.4 Å². The van der Waals surface area contributed by atoms with Gasteiger partial charge in [-0.1, -0.05) is 13.8 Å². The summed E-state index contributed by atoms with van der Waals surface area (Å²) in [5.74, 6) is -0.857. The van der Waals surface area contributed by atoms with E-state index in [0.717, 1.165) is 12.1 Å². The van der Waals surface area contributed by atoms with E-state index < -0.39 is 0 Å². The highest BCUT2D eigenvalue weighted by atomic mass is 16.5. The first-order valence-electron chi connectivity index (χ1n) is 11.7. The number of hydrogen-bond donors (Lipinski definition) is 0. The number of ether oxygens (including phenoxy) is 1. The molecule has 0 spiro atoms. The maximum absolute atomic E-state index is 13.4. The Hall–Kier alpha value is -2.97. The Bertz CT molecular complexity index is 1030. The van der Waals surface area contributed by atoms with E-state index in [9.17, 15) is 14.4 Å². The zero-order valence-electron chi connectivity index (χ0n) is 20.5. The van der Waals surface area contributed by atoms with Crippen LogP contribution in [0.4, 0.5) is 0 Å². The molecule has 2 amide bonds. The summed E-state index contributed by atoms with van der Waals surface area (Å²) >= 11 is 0. The summed E-state index contributed by atoms with van der Waals surface area (Å²) in [6.07, 6.45) is 3.12. The fraction of sp³-hybridized carbons (Fsp3) is 0.625. The summed E-state index contributed by atoms with van der Waals surface area (Å²) in [6.45, 7) is 11.0. The molecule has 9 heteroatoms. The molecule has 0 bridgehead atoms. The van der Waals surface area contributed by atoms with Crippen LogP contribution in [0.2, 0.25) is 0 Å². The van der Waals surface area contributed by atoms with E-state index >= 15 is 0 Å². The molecular formula is C24H35N5O4. The number of nitrogens with zero attached hydrogens (tertiary/aromatic N) is 5. The molecule has 3 heterocycles. The van der Waals surface area contributed by atoms with Crippen molar-refractivity contribution in [3.05, 3.63) is 23.5 Å². The van der Waals surface area contributed by atoms with Crippen LogP contribution in [0.3, 0.4) is 0 Å². The highest BCUT2D eigenvalue weighted by molar-refractivity contribution is 6.06. The second kappa shape index (κ2) is 10.3. The Balaban J connectivity index is 1.79. The SMILES string of the molecule is CCOC(=O)C1CCCN(C(=O)CN(C)C(=O)c2cc(C(C)C)nc3c2cnn3C(C)C)C1. The number of rotatable bonds is 7. The zero-order valence-corrected chi connectivity index (χ0v) is 20.5. The number of aromatic nitrogens is 3. The van der Waals surface area contributed by atoms with Crippen molar-refractivity contribution in [2.75, 3.05) is 33.3 Å². The molecule has 1 aliphatic heterocycles. The van der Waals surface area contributed by atoms with Crippen molar-refractivity contribution < 1.29 is 19.1 Å². The average molecular weight is 458 g/mol. The van der Waals surface area contributed by atoms with E-state index in [4.69, 9.17) is 9.72 Å². The summed E-state index contributed by atoms with van der Waals surface area (Å²) in [6, 6.07) is 1.91. The summed E-state index contributed by atoms with van der Waals surface area (Å²) in [4.78, 5) is 46.3. The van der Waals surface area contributed by atoms with Gasteiger partial charge < -0.3 is 14.5 Å². The van der Waals surface area contributed by atoms with Crippen LogP contribution in [0, 0.1) is 5.92 Å². The van der Waals surface area contributed by atoms with Crippen LogP contribution in [0.25, 0.3) is 11.0 Å². The van der Waals surface area contributed by atoms with Crippen LogP contribution in [-0.2, 0) is 14.3 Å². The van der Waals surface area contributed by atoms with Crippen molar-refractivity contribution >= 4 is 28.8 Å². The first-order valence-corrected chi connectivity index (χ1v) is 11.7. The lowest BCUT2D eigenvalue weighted by molar-refractivity contribution is -0.151. The van der Waals surface area contributed by atoms with Crippen molar-refractivity contribution in [2.45, 2.75) is 59.4 Å². The van der Waals surface area contributed by atoms with Crippen molar-refractivity contribution in [2.24, 2.45) is 5.92 Å². The third-order valence-electron chi connectivity index (χ3n) is 6.01. The van der Waals surface area contributed by atoms with Crippen LogP contribution < -0.4 is 0 Å². The Kier molecular flexibility index (Phi) is 7.71. The van der Waals surface area contributed by atoms with Gasteiger partial charge in [-0.3, -0.25) is 14.4 Å². The zero-order chi connectivity index (χ0) is 24.3. The van der Waals surface area contributed by atoms with E-state index in [1.54, 1.807) is 31.1 Å². The minimum Gasteiger partial charge on any atom is -0.466 e. The number of hydrogen-bond acceptors (Lipinski definition) is 6. The van der Waals surface area contributed by atoms with Gasteiger partial charge in [0.05, 0.1) is 36.2 Å². The molecule has 2 aromatic heterocycles. The number of piperidine rings is 1. The molecule has 3 rings (SSSR count). The van der Waals surface area contributed by atoms with Gasteiger partial charge in [-0.2, -0.15) is 5.10 Å². The van der Waals surface area contributed by atoms with Gasteiger partial charge in [-0.05, 0) is 45.6 Å². The molecular weight excluding hydrogens is 422 g/mol. The smallest absolute Gasteiger partial charge is 0.310 e. The molecule has 1 unspecified atom stereocenters. The predicted molar refractivity (Wildman–Crippen MR) is 125 cm³/mol. The number of carbonyl (C=O) groups is 3. The quantitative estimate of drug-likeness (QED) is 0.593. The van der Waals surface area contributed by atoms with Crippen LogP contribution >= 0.6 is 0 Å². The Morgan fingerprint density at radius 2 is 1.97 bits per heavy atom. The first-order chi connectivity index (χ1) is 15.6. The normalized spacial score (nSPS) is 16.5. The molecule has 0 saturated carbocycles. The summed E-state index contributed by atoms with van der Waals surface area (Å²) in [7, 11) is 1.63. The second-order valence-corrected chi connectivity index (χ2v) is 9.26. The van der Waals surface area contributed by atoms with Crippen molar-refractivity contribution in [3.8, 4) is 0 Å². The molecule has 180 valence electrons. The lowest BCUT2D eigenvalue weighted by Crippen LogP contribution is -2.47. The molecule has 0 aromatic carbocycles. The second-order valence-electron chi connectivity index (χ2n) is 9.26. The summed E-state index contributed by atoms with van der Waals surface area (Å²) in [5.41, 5.74) is 1.97. The highest BCUT2D eigenvalue weighted by Crippen LogP contribution is 2.25. The Morgan fingerprint density at radius 3 is 2.61 bits per heavy atom. The van der Waals surface area contributed by atoms with Crippen LogP contribution in [0.15, 0.2) is 12.3 Å². The molecule has 0 N–H and O–H groups in total. The van der Waals surface area contributed by atoms with Gasteiger partial charge >= 0.3 is 5.97 Å². The van der Waals surface area contributed by atoms with Crippen LogP contribution in [0.5, 0.6) is 0 Å². The Labute approximate surface area is 195 Å². The predicted octanol–water partition coefficient (Wildman–Crippen LogP) is 3.01. The van der Waals surface area contributed by atoms with E-state index in [2.05, 4.69) is 5.10 Å². The van der Waals surface area contributed by atoms with Gasteiger partial charge in [-0.25, -0.2) is 9.67 Å². The lowest BCUT2D eigenvalue weighted by atomic mass is 9.98. The molecule has 0 aliphatic carbocycles. The van der Waals surface area contributed by atoms with Crippen LogP contribution in [0.1, 0.15) is 75.5 Å². The van der Waals surface area contributed by atoms with Gasteiger partial charge in [0, 0.05) is 31.9 Å². The molecule has 33 heavy (non-hydrogen) atoms. The number of likely N-dealkylation sites (tertiary alicyclic amines) is 1. The summed E-state index contributed by atoms with van der Waals surface area (Å²) in [5, 5.41) is 5.11. The highest BCUT2D eigenvalue weighted by Gasteiger charge is 2.30. The number of amides is 2. The van der Waals surface area contributed by atoms with Gasteiger partial charge in [0.2, 0.25) is 5.91 Å². The van der Waals surface area contributed by atoms with Crippen molar-refractivity contribution in [3.63, 3.8) is 0 Å². The topological polar surface area (TPSA) is 97.6 Å². The average Bonchev–Trinajstić information content (AvgIpc) is 3.22. The largest absolute Gasteiger partial charge is 0.466 e. The van der Waals surface area contributed by atoms with Gasteiger partial charge in [0.15, 0.2) is 5.65 Å². The fourth-order valence-electron chi connectivity index (χ4n) is 4.12. The maximum Gasteiger partial charge on any atom is 0.310 e. The fourth-order valence-corrected chi connectivity index (χ4v) is 4.12. The Morgan fingerprint density at radius 1 is 1.24 bits per heavy atom. The van der Waals surface area contributed by atoms with E-state index in [0.29, 0.717) is 42.7 Å². The minimum atomic E-state index is -0.307. The molecule has 0 radical (unpaired) electrons. The van der Waals surface area contributed by atoms with Gasteiger partial charge in [0.1, 0.15) is 0 Å². The monoisotopic (exact) mass is 457 g/mol. The molecule has 2 aromatic rings. The lowest BCUT2D eigenvalue weighted by Gasteiger charge is -2.32. The van der Waals surface area contributed by atoms with Gasteiger partial charge in [0.25, 0.3) is 5.91 Å². The maximum atomic E-state index is 13.4. The molecule has 1 saturated heterocycles. The standard InChI is InChI=1S/C24H35N5O4/c1-7-33-24(32)17-9-8-10-28(13-17)21(30)14-27(6)23(31)18-11-20(15(2)3)26-22-19(18)12-25-29(22)16(4)5/h11-12,15-17H,7-10,13-14H2,1-6H3. The molecule has 9 nitrogen and oxygen atoms in total. The molecule has 1 fully saturated rings.